The molecule has 0 saturated heterocycles. The van der Waals surface area contributed by atoms with E-state index in [2.05, 4.69) is 9.97 Å². The molecule has 4 nitrogen and oxygen atoms in total. The Balaban J connectivity index is 1.73. The molecule has 130 valence electrons. The molecule has 0 radical (unpaired) electrons. The van der Waals surface area contributed by atoms with Crippen LogP contribution < -0.4 is 5.56 Å². The van der Waals surface area contributed by atoms with Gasteiger partial charge in [0.2, 0.25) is 0 Å². The van der Waals surface area contributed by atoms with Crippen LogP contribution in [-0.2, 0) is 12.8 Å². The van der Waals surface area contributed by atoms with Crippen molar-refractivity contribution in [1.82, 2.24) is 14.5 Å². The molecule has 0 atom stereocenters. The van der Waals surface area contributed by atoms with Gasteiger partial charge in [-0.3, -0.25) is 14.3 Å². The van der Waals surface area contributed by atoms with Crippen molar-refractivity contribution in [3.63, 3.8) is 0 Å². The molecule has 1 aromatic carbocycles. The lowest BCUT2D eigenvalue weighted by Crippen LogP contribution is -2.19. The monoisotopic (exact) mass is 383 g/mol. The van der Waals surface area contributed by atoms with Crippen LogP contribution in [0.15, 0.2) is 64.0 Å². The molecular formula is C19H14FN3OS2. The van der Waals surface area contributed by atoms with E-state index in [1.807, 2.05) is 23.6 Å². The van der Waals surface area contributed by atoms with Gasteiger partial charge in [-0.1, -0.05) is 30.0 Å². The lowest BCUT2D eigenvalue weighted by molar-refractivity contribution is 0.628. The van der Waals surface area contributed by atoms with Crippen LogP contribution >= 0.6 is 23.1 Å². The number of hydrogen-bond donors (Lipinski definition) is 0. The fourth-order valence-corrected chi connectivity index (χ4v) is 4.52. The van der Waals surface area contributed by atoms with E-state index in [9.17, 15) is 9.18 Å². The van der Waals surface area contributed by atoms with Crippen LogP contribution in [0.3, 0.4) is 0 Å². The van der Waals surface area contributed by atoms with Crippen molar-refractivity contribution in [2.24, 2.45) is 7.05 Å². The molecular weight excluding hydrogens is 369 g/mol. The molecule has 0 saturated carbocycles. The van der Waals surface area contributed by atoms with Crippen LogP contribution in [0.2, 0.25) is 0 Å². The first-order valence-corrected chi connectivity index (χ1v) is 9.77. The number of pyridine rings is 1. The molecule has 7 heteroatoms. The van der Waals surface area contributed by atoms with Gasteiger partial charge in [-0.15, -0.1) is 11.3 Å². The van der Waals surface area contributed by atoms with E-state index in [0.29, 0.717) is 21.1 Å². The molecule has 3 heterocycles. The molecule has 26 heavy (non-hydrogen) atoms. The maximum atomic E-state index is 13.2. The number of thioether (sulfide) groups is 1. The van der Waals surface area contributed by atoms with Gasteiger partial charge in [0.1, 0.15) is 10.6 Å². The summed E-state index contributed by atoms with van der Waals surface area (Å²) in [5.41, 5.74) is 2.44. The minimum Gasteiger partial charge on any atom is -0.290 e. The zero-order valence-electron chi connectivity index (χ0n) is 13.8. The fraction of sp³-hybridized carbons (Fsp3) is 0.105. The zero-order chi connectivity index (χ0) is 18.1. The molecule has 0 fully saturated rings. The molecule has 0 aliphatic heterocycles. The van der Waals surface area contributed by atoms with Gasteiger partial charge < -0.3 is 0 Å². The Kier molecular flexibility index (Phi) is 4.57. The number of thiophene rings is 1. The van der Waals surface area contributed by atoms with Crippen molar-refractivity contribution >= 4 is 33.3 Å². The van der Waals surface area contributed by atoms with Gasteiger partial charge in [0.05, 0.1) is 11.1 Å². The van der Waals surface area contributed by atoms with E-state index >= 15 is 0 Å². The summed E-state index contributed by atoms with van der Waals surface area (Å²) < 4.78 is 14.7. The first kappa shape index (κ1) is 16.9. The minimum atomic E-state index is -0.299. The first-order chi connectivity index (χ1) is 12.6. The van der Waals surface area contributed by atoms with Gasteiger partial charge in [0.15, 0.2) is 5.16 Å². The second-order valence-electron chi connectivity index (χ2n) is 5.70. The van der Waals surface area contributed by atoms with Crippen molar-refractivity contribution in [1.29, 1.82) is 0 Å². The maximum absolute atomic E-state index is 13.2. The maximum Gasteiger partial charge on any atom is 0.263 e. The van der Waals surface area contributed by atoms with Crippen molar-refractivity contribution in [2.45, 2.75) is 10.9 Å². The summed E-state index contributed by atoms with van der Waals surface area (Å²) in [7, 11) is 1.72. The second-order valence-corrected chi connectivity index (χ2v) is 7.51. The van der Waals surface area contributed by atoms with Crippen LogP contribution in [0.25, 0.3) is 21.3 Å². The fourth-order valence-electron chi connectivity index (χ4n) is 2.65. The van der Waals surface area contributed by atoms with Crippen molar-refractivity contribution in [2.75, 3.05) is 0 Å². The van der Waals surface area contributed by atoms with Gasteiger partial charge in [-0.25, -0.2) is 9.37 Å². The highest BCUT2D eigenvalue weighted by atomic mass is 32.2. The topological polar surface area (TPSA) is 47.8 Å². The molecule has 0 aliphatic carbocycles. The van der Waals surface area contributed by atoms with Crippen LogP contribution in [-0.4, -0.2) is 14.5 Å². The SMILES string of the molecule is Cn1c(SCc2ccccn2)nc2scc(-c3ccc(F)cc3)c2c1=O. The second kappa shape index (κ2) is 7.01. The third-order valence-corrected chi connectivity index (χ3v) is 5.94. The number of aromatic nitrogens is 3. The molecule has 0 bridgehead atoms. The summed E-state index contributed by atoms with van der Waals surface area (Å²) in [6.07, 6.45) is 1.75. The van der Waals surface area contributed by atoms with Crippen LogP contribution in [0, 0.1) is 5.82 Å². The number of fused-ring (bicyclic) bond motifs is 1. The third-order valence-electron chi connectivity index (χ3n) is 4.00. The molecule has 4 aromatic rings. The predicted molar refractivity (Wildman–Crippen MR) is 104 cm³/mol. The standard InChI is InChI=1S/C19H14FN3OS2/c1-23-18(24)16-15(12-5-7-13(20)8-6-12)11-25-17(16)22-19(23)26-10-14-4-2-3-9-21-14/h2-9,11H,10H2,1H3. The first-order valence-electron chi connectivity index (χ1n) is 7.90. The molecule has 4 rings (SSSR count). The van der Waals surface area contributed by atoms with E-state index in [4.69, 9.17) is 0 Å². The Morgan fingerprint density at radius 3 is 2.73 bits per heavy atom. The number of benzene rings is 1. The van der Waals surface area contributed by atoms with Gasteiger partial charge >= 0.3 is 0 Å². The molecule has 0 spiro atoms. The van der Waals surface area contributed by atoms with E-state index < -0.39 is 0 Å². The Hall–Kier alpha value is -2.51. The highest BCUT2D eigenvalue weighted by molar-refractivity contribution is 7.98. The molecule has 0 N–H and O–H groups in total. The molecule has 0 unspecified atom stereocenters. The number of hydrogen-bond acceptors (Lipinski definition) is 5. The quantitative estimate of drug-likeness (QED) is 0.385. The highest BCUT2D eigenvalue weighted by Crippen LogP contribution is 2.32. The average molecular weight is 383 g/mol. The summed E-state index contributed by atoms with van der Waals surface area (Å²) in [6.45, 7) is 0. The average Bonchev–Trinajstić information content (AvgIpc) is 3.09. The highest BCUT2D eigenvalue weighted by Gasteiger charge is 2.16. The summed E-state index contributed by atoms with van der Waals surface area (Å²) in [4.78, 5) is 22.6. The normalized spacial score (nSPS) is 11.2. The number of halogens is 1. The Morgan fingerprint density at radius 2 is 2.00 bits per heavy atom. The third kappa shape index (κ3) is 3.15. The van der Waals surface area contributed by atoms with Gasteiger partial charge in [0.25, 0.3) is 5.56 Å². The summed E-state index contributed by atoms with van der Waals surface area (Å²) in [6, 6.07) is 11.9. The lowest BCUT2D eigenvalue weighted by atomic mass is 10.1. The molecule has 0 aliphatic rings. The van der Waals surface area contributed by atoms with Crippen LogP contribution in [0.1, 0.15) is 5.69 Å². The van der Waals surface area contributed by atoms with Crippen molar-refractivity contribution in [3.8, 4) is 11.1 Å². The Morgan fingerprint density at radius 1 is 1.19 bits per heavy atom. The summed E-state index contributed by atoms with van der Waals surface area (Å²) in [5, 5.41) is 3.13. The lowest BCUT2D eigenvalue weighted by Gasteiger charge is -2.07. The number of nitrogens with zero attached hydrogens (tertiary/aromatic N) is 3. The summed E-state index contributed by atoms with van der Waals surface area (Å²) in [5.74, 6) is 0.343. The smallest absolute Gasteiger partial charge is 0.263 e. The Bertz CT molecular complexity index is 1120. The minimum absolute atomic E-state index is 0.0981. The van der Waals surface area contributed by atoms with E-state index in [0.717, 1.165) is 16.8 Å². The Labute approximate surface area is 157 Å². The molecule has 3 aromatic heterocycles. The van der Waals surface area contributed by atoms with Crippen LogP contribution in [0.4, 0.5) is 4.39 Å². The van der Waals surface area contributed by atoms with Gasteiger partial charge in [-0.2, -0.15) is 0 Å². The van der Waals surface area contributed by atoms with Gasteiger partial charge in [-0.05, 0) is 29.8 Å². The van der Waals surface area contributed by atoms with Crippen LogP contribution in [0.5, 0.6) is 0 Å². The molecule has 0 amide bonds. The van der Waals surface area contributed by atoms with Crippen molar-refractivity contribution < 1.29 is 4.39 Å². The zero-order valence-corrected chi connectivity index (χ0v) is 15.5. The van der Waals surface area contributed by atoms with E-state index in [-0.39, 0.29) is 11.4 Å². The predicted octanol–water partition coefficient (Wildman–Crippen LogP) is 4.49. The van der Waals surface area contributed by atoms with Gasteiger partial charge in [0, 0.05) is 29.9 Å². The van der Waals surface area contributed by atoms with E-state index in [1.54, 1.807) is 29.9 Å². The largest absolute Gasteiger partial charge is 0.290 e. The summed E-state index contributed by atoms with van der Waals surface area (Å²) >= 11 is 2.91. The van der Waals surface area contributed by atoms with E-state index in [1.165, 1.54) is 35.2 Å². The number of rotatable bonds is 4. The van der Waals surface area contributed by atoms with Crippen molar-refractivity contribution in [3.05, 3.63) is 75.9 Å².